The molecular weight excluding hydrogens is 494 g/mol. The molecule has 0 spiro atoms. The van der Waals surface area contributed by atoms with E-state index in [0.717, 1.165) is 11.3 Å². The SMILES string of the molecule is N#CC(=Cc1cc([N+](=O)[O-])ccc1OCCOc1ccccc1)c1nnc(NC(=O)c2ccccc2)s1. The number of nitrogens with one attached hydrogen (secondary N) is 1. The number of anilines is 1. The number of aromatic nitrogens is 2. The van der Waals surface area contributed by atoms with Crippen LogP contribution in [-0.4, -0.2) is 34.2 Å². The quantitative estimate of drug-likeness (QED) is 0.132. The molecule has 1 heterocycles. The highest BCUT2D eigenvalue weighted by Crippen LogP contribution is 2.30. The Hall–Kier alpha value is -5.08. The maximum absolute atomic E-state index is 12.4. The Bertz CT molecular complexity index is 1470. The number of carbonyl (C=O) groups is 1. The van der Waals surface area contributed by atoms with Crippen LogP contribution in [0.4, 0.5) is 10.8 Å². The maximum Gasteiger partial charge on any atom is 0.270 e. The van der Waals surface area contributed by atoms with Crippen molar-refractivity contribution in [3.63, 3.8) is 0 Å². The number of rotatable bonds is 10. The highest BCUT2D eigenvalue weighted by Gasteiger charge is 2.16. The first kappa shape index (κ1) is 25.0. The molecule has 0 radical (unpaired) electrons. The van der Waals surface area contributed by atoms with Gasteiger partial charge in [0.05, 0.1) is 10.5 Å². The smallest absolute Gasteiger partial charge is 0.270 e. The Morgan fingerprint density at radius 2 is 1.73 bits per heavy atom. The van der Waals surface area contributed by atoms with E-state index in [1.54, 1.807) is 30.3 Å². The Kier molecular flexibility index (Phi) is 8.15. The summed E-state index contributed by atoms with van der Waals surface area (Å²) in [6.07, 6.45) is 1.43. The number of para-hydroxylation sites is 1. The molecule has 4 rings (SSSR count). The Balaban J connectivity index is 1.51. The standard InChI is InChI=1S/C26H19N5O5S/c27-17-20(25-29-30-26(37-25)28-24(32)18-7-3-1-4-8-18)15-19-16-21(31(33)34)11-12-23(19)36-14-13-35-22-9-5-2-6-10-22/h1-12,15-16H,13-14H2,(H,28,30,32). The van der Waals surface area contributed by atoms with Gasteiger partial charge in [0, 0.05) is 23.3 Å². The number of ether oxygens (including phenoxy) is 2. The molecule has 1 amide bonds. The summed E-state index contributed by atoms with van der Waals surface area (Å²) >= 11 is 1.00. The molecule has 0 atom stereocenters. The van der Waals surface area contributed by atoms with Gasteiger partial charge in [-0.1, -0.05) is 47.7 Å². The number of allylic oxidation sites excluding steroid dienone is 1. The van der Waals surface area contributed by atoms with Crippen molar-refractivity contribution in [2.45, 2.75) is 0 Å². The maximum atomic E-state index is 12.4. The van der Waals surface area contributed by atoms with E-state index in [1.165, 1.54) is 24.3 Å². The number of carbonyl (C=O) groups excluding carboxylic acids is 1. The van der Waals surface area contributed by atoms with Crippen LogP contribution in [-0.2, 0) is 0 Å². The van der Waals surface area contributed by atoms with E-state index in [0.29, 0.717) is 22.6 Å². The second-order valence-corrected chi connectivity index (χ2v) is 8.37. The first-order valence-electron chi connectivity index (χ1n) is 10.9. The molecule has 11 heteroatoms. The van der Waals surface area contributed by atoms with Crippen LogP contribution in [0.15, 0.2) is 78.9 Å². The molecule has 1 N–H and O–H groups in total. The lowest BCUT2D eigenvalue weighted by molar-refractivity contribution is -0.384. The zero-order valence-corrected chi connectivity index (χ0v) is 20.1. The zero-order chi connectivity index (χ0) is 26.0. The van der Waals surface area contributed by atoms with Gasteiger partial charge in [-0.25, -0.2) is 0 Å². The minimum Gasteiger partial charge on any atom is -0.490 e. The lowest BCUT2D eigenvalue weighted by Crippen LogP contribution is -2.11. The summed E-state index contributed by atoms with van der Waals surface area (Å²) in [7, 11) is 0. The second kappa shape index (κ2) is 12.1. The predicted molar refractivity (Wildman–Crippen MR) is 138 cm³/mol. The van der Waals surface area contributed by atoms with Crippen molar-refractivity contribution in [2.24, 2.45) is 0 Å². The number of amides is 1. The molecule has 0 bridgehead atoms. The van der Waals surface area contributed by atoms with Crippen molar-refractivity contribution in [3.05, 3.63) is 105 Å². The Morgan fingerprint density at radius 1 is 1.03 bits per heavy atom. The second-order valence-electron chi connectivity index (χ2n) is 7.39. The lowest BCUT2D eigenvalue weighted by Gasteiger charge is -2.11. The first-order valence-corrected chi connectivity index (χ1v) is 11.8. The minimum absolute atomic E-state index is 0.101. The van der Waals surface area contributed by atoms with Gasteiger partial charge < -0.3 is 9.47 Å². The molecule has 37 heavy (non-hydrogen) atoms. The van der Waals surface area contributed by atoms with E-state index in [-0.39, 0.29) is 40.5 Å². The summed E-state index contributed by atoms with van der Waals surface area (Å²) in [4.78, 5) is 23.2. The van der Waals surface area contributed by atoms with Gasteiger partial charge in [0.1, 0.15) is 30.8 Å². The van der Waals surface area contributed by atoms with Crippen LogP contribution in [0.5, 0.6) is 11.5 Å². The average molecular weight is 514 g/mol. The van der Waals surface area contributed by atoms with E-state index in [1.807, 2.05) is 36.4 Å². The van der Waals surface area contributed by atoms with E-state index < -0.39 is 4.92 Å². The molecule has 0 aliphatic heterocycles. The monoisotopic (exact) mass is 513 g/mol. The van der Waals surface area contributed by atoms with Crippen LogP contribution in [0.2, 0.25) is 0 Å². The van der Waals surface area contributed by atoms with Gasteiger partial charge in [-0.05, 0) is 36.4 Å². The third kappa shape index (κ3) is 6.74. The van der Waals surface area contributed by atoms with Crippen LogP contribution >= 0.6 is 11.3 Å². The number of nitro groups is 1. The fraction of sp³-hybridized carbons (Fsp3) is 0.0769. The fourth-order valence-electron chi connectivity index (χ4n) is 3.16. The summed E-state index contributed by atoms with van der Waals surface area (Å²) < 4.78 is 11.4. The molecule has 3 aromatic carbocycles. The van der Waals surface area contributed by atoms with Crippen molar-refractivity contribution in [3.8, 4) is 17.6 Å². The molecular formula is C26H19N5O5S. The van der Waals surface area contributed by atoms with Gasteiger partial charge in [0.2, 0.25) is 5.13 Å². The molecule has 0 unspecified atom stereocenters. The summed E-state index contributed by atoms with van der Waals surface area (Å²) in [6.45, 7) is 0.417. The van der Waals surface area contributed by atoms with Gasteiger partial charge in [0.25, 0.3) is 11.6 Å². The number of nitro benzene ring substituents is 1. The molecule has 4 aromatic rings. The van der Waals surface area contributed by atoms with Crippen LogP contribution in [0.3, 0.4) is 0 Å². The molecule has 1 aromatic heterocycles. The number of nitriles is 1. The number of hydrogen-bond acceptors (Lipinski definition) is 9. The van der Waals surface area contributed by atoms with Gasteiger partial charge >= 0.3 is 0 Å². The number of nitrogens with zero attached hydrogens (tertiary/aromatic N) is 4. The summed E-state index contributed by atoms with van der Waals surface area (Å²) in [5.74, 6) is 0.656. The lowest BCUT2D eigenvalue weighted by atomic mass is 10.1. The molecule has 0 saturated heterocycles. The van der Waals surface area contributed by atoms with E-state index in [2.05, 4.69) is 15.5 Å². The largest absolute Gasteiger partial charge is 0.490 e. The zero-order valence-electron chi connectivity index (χ0n) is 19.2. The molecule has 10 nitrogen and oxygen atoms in total. The Labute approximate surface area is 215 Å². The topological polar surface area (TPSA) is 140 Å². The van der Waals surface area contributed by atoms with Crippen LogP contribution in [0.1, 0.15) is 20.9 Å². The van der Waals surface area contributed by atoms with E-state index >= 15 is 0 Å². The van der Waals surface area contributed by atoms with Crippen molar-refractivity contribution in [2.75, 3.05) is 18.5 Å². The molecule has 184 valence electrons. The number of benzene rings is 3. The van der Waals surface area contributed by atoms with E-state index in [4.69, 9.17) is 9.47 Å². The fourth-order valence-corrected chi connectivity index (χ4v) is 3.86. The Morgan fingerprint density at radius 3 is 2.43 bits per heavy atom. The summed E-state index contributed by atoms with van der Waals surface area (Å²) in [5.41, 5.74) is 0.702. The number of non-ortho nitro benzene ring substituents is 1. The average Bonchev–Trinajstić information content (AvgIpc) is 3.39. The highest BCUT2D eigenvalue weighted by atomic mass is 32.1. The molecule has 0 saturated carbocycles. The first-order chi connectivity index (χ1) is 18.0. The highest BCUT2D eigenvalue weighted by molar-refractivity contribution is 7.16. The molecule has 0 aliphatic rings. The van der Waals surface area contributed by atoms with Crippen LogP contribution in [0, 0.1) is 21.4 Å². The van der Waals surface area contributed by atoms with Gasteiger partial charge in [0.15, 0.2) is 5.01 Å². The van der Waals surface area contributed by atoms with Gasteiger partial charge in [-0.15, -0.1) is 10.2 Å². The van der Waals surface area contributed by atoms with Gasteiger partial charge in [-0.3, -0.25) is 20.2 Å². The van der Waals surface area contributed by atoms with Crippen LogP contribution in [0.25, 0.3) is 11.6 Å². The number of hydrogen-bond donors (Lipinski definition) is 1. The summed E-state index contributed by atoms with van der Waals surface area (Å²) in [5, 5.41) is 32.1. The van der Waals surface area contributed by atoms with Crippen molar-refractivity contribution in [1.29, 1.82) is 5.26 Å². The van der Waals surface area contributed by atoms with Crippen LogP contribution < -0.4 is 14.8 Å². The van der Waals surface area contributed by atoms with E-state index in [9.17, 15) is 20.2 Å². The predicted octanol–water partition coefficient (Wildman–Crippen LogP) is 5.22. The van der Waals surface area contributed by atoms with Crippen molar-refractivity contribution in [1.82, 2.24) is 10.2 Å². The van der Waals surface area contributed by atoms with Crippen molar-refractivity contribution < 1.29 is 19.2 Å². The normalized spacial score (nSPS) is 10.8. The summed E-state index contributed by atoms with van der Waals surface area (Å²) in [6, 6.07) is 23.9. The van der Waals surface area contributed by atoms with Crippen molar-refractivity contribution >= 4 is 39.7 Å². The minimum atomic E-state index is -0.534. The third-order valence-corrected chi connectivity index (χ3v) is 5.76. The molecule has 0 aliphatic carbocycles. The van der Waals surface area contributed by atoms with Gasteiger partial charge in [-0.2, -0.15) is 5.26 Å². The third-order valence-electron chi connectivity index (χ3n) is 4.89. The molecule has 0 fully saturated rings.